The van der Waals surface area contributed by atoms with Gasteiger partial charge in [-0.3, -0.25) is 9.59 Å². The van der Waals surface area contributed by atoms with Gasteiger partial charge in [-0.1, -0.05) is 42.5 Å². The summed E-state index contributed by atoms with van der Waals surface area (Å²) in [6, 6.07) is 19.6. The fourth-order valence-electron chi connectivity index (χ4n) is 4.55. The maximum absolute atomic E-state index is 13.4. The third-order valence-corrected chi connectivity index (χ3v) is 6.43. The van der Waals surface area contributed by atoms with Crippen LogP contribution in [0, 0.1) is 13.8 Å². The van der Waals surface area contributed by atoms with Crippen molar-refractivity contribution in [3.05, 3.63) is 83.3 Å². The summed E-state index contributed by atoms with van der Waals surface area (Å²) in [5.41, 5.74) is 2.63. The predicted molar refractivity (Wildman–Crippen MR) is 136 cm³/mol. The summed E-state index contributed by atoms with van der Waals surface area (Å²) in [4.78, 5) is 32.3. The molecule has 1 aromatic heterocycles. The lowest BCUT2D eigenvalue weighted by atomic mass is 10.1. The normalized spacial score (nSPS) is 13.6. The number of hydrogen-bond acceptors (Lipinski definition) is 5. The van der Waals surface area contributed by atoms with Crippen molar-refractivity contribution in [3.8, 4) is 5.75 Å². The molecule has 0 spiro atoms. The van der Waals surface area contributed by atoms with E-state index in [0.717, 1.165) is 30.1 Å². The SMILES string of the molecule is COc1ccccc1N1CCN(C(=O)CCN(Cc2ccccc2)C(=O)c2cc(C)oc2C)CC1. The summed E-state index contributed by atoms with van der Waals surface area (Å²) in [5, 5.41) is 0. The maximum Gasteiger partial charge on any atom is 0.257 e. The van der Waals surface area contributed by atoms with Gasteiger partial charge >= 0.3 is 0 Å². The van der Waals surface area contributed by atoms with E-state index < -0.39 is 0 Å². The number of carbonyl (C=O) groups excluding carboxylic acids is 2. The Balaban J connectivity index is 1.39. The van der Waals surface area contributed by atoms with Gasteiger partial charge in [0.15, 0.2) is 0 Å². The van der Waals surface area contributed by atoms with Gasteiger partial charge in [-0.25, -0.2) is 0 Å². The van der Waals surface area contributed by atoms with E-state index in [0.29, 0.717) is 43.3 Å². The van der Waals surface area contributed by atoms with Crippen LogP contribution in [0.3, 0.4) is 0 Å². The number of furan rings is 1. The number of amides is 2. The Kier molecular flexibility index (Phi) is 7.75. The molecular weight excluding hydrogens is 442 g/mol. The first-order valence-electron chi connectivity index (χ1n) is 12.0. The zero-order chi connectivity index (χ0) is 24.8. The quantitative estimate of drug-likeness (QED) is 0.486. The molecule has 1 aliphatic rings. The van der Waals surface area contributed by atoms with Crippen LogP contribution < -0.4 is 9.64 Å². The molecule has 1 aliphatic heterocycles. The summed E-state index contributed by atoms with van der Waals surface area (Å²) >= 11 is 0. The fourth-order valence-corrected chi connectivity index (χ4v) is 4.55. The standard InChI is InChI=1S/C28H33N3O4/c1-21-19-24(22(2)35-21)28(33)31(20-23-9-5-4-6-10-23)14-13-27(32)30-17-15-29(16-18-30)25-11-7-8-12-26(25)34-3/h4-12,19H,13-18,20H2,1-3H3. The Morgan fingerprint density at radius 2 is 1.66 bits per heavy atom. The fraction of sp³-hybridized carbons (Fsp3) is 0.357. The highest BCUT2D eigenvalue weighted by molar-refractivity contribution is 5.95. The Morgan fingerprint density at radius 1 is 0.971 bits per heavy atom. The molecule has 0 aliphatic carbocycles. The first kappa shape index (κ1) is 24.4. The number of carbonyl (C=O) groups is 2. The van der Waals surface area contributed by atoms with Crippen molar-refractivity contribution in [2.75, 3.05) is 44.7 Å². The zero-order valence-electron chi connectivity index (χ0n) is 20.7. The molecule has 4 rings (SSSR count). The van der Waals surface area contributed by atoms with E-state index in [4.69, 9.17) is 9.15 Å². The van der Waals surface area contributed by atoms with E-state index in [1.807, 2.05) is 66.4 Å². The molecule has 35 heavy (non-hydrogen) atoms. The number of anilines is 1. The molecule has 0 atom stereocenters. The van der Waals surface area contributed by atoms with Gasteiger partial charge in [0.2, 0.25) is 5.91 Å². The van der Waals surface area contributed by atoms with E-state index >= 15 is 0 Å². The Morgan fingerprint density at radius 3 is 2.31 bits per heavy atom. The lowest BCUT2D eigenvalue weighted by Gasteiger charge is -2.37. The van der Waals surface area contributed by atoms with Gasteiger partial charge in [0, 0.05) is 45.7 Å². The van der Waals surface area contributed by atoms with Gasteiger partial charge in [-0.05, 0) is 37.6 Å². The van der Waals surface area contributed by atoms with Gasteiger partial charge < -0.3 is 23.9 Å². The minimum atomic E-state index is -0.114. The molecule has 0 N–H and O–H groups in total. The summed E-state index contributed by atoms with van der Waals surface area (Å²) < 4.78 is 11.1. The van der Waals surface area contributed by atoms with Crippen LogP contribution in [-0.4, -0.2) is 61.4 Å². The molecule has 2 heterocycles. The molecule has 7 heteroatoms. The number of nitrogens with zero attached hydrogens (tertiary/aromatic N) is 3. The monoisotopic (exact) mass is 475 g/mol. The number of para-hydroxylation sites is 2. The van der Waals surface area contributed by atoms with Crippen LogP contribution in [0.1, 0.15) is 33.9 Å². The van der Waals surface area contributed by atoms with Crippen LogP contribution in [0.25, 0.3) is 0 Å². The number of rotatable bonds is 8. The predicted octanol–water partition coefficient (Wildman–Crippen LogP) is 4.29. The van der Waals surface area contributed by atoms with Gasteiger partial charge in [0.25, 0.3) is 5.91 Å². The maximum atomic E-state index is 13.4. The van der Waals surface area contributed by atoms with Crippen molar-refractivity contribution >= 4 is 17.5 Å². The summed E-state index contributed by atoms with van der Waals surface area (Å²) in [5.74, 6) is 2.10. The molecule has 1 fully saturated rings. The second-order valence-corrected chi connectivity index (χ2v) is 8.83. The van der Waals surface area contributed by atoms with Crippen molar-refractivity contribution in [2.24, 2.45) is 0 Å². The number of piperazine rings is 1. The van der Waals surface area contributed by atoms with Crippen LogP contribution in [0.4, 0.5) is 5.69 Å². The lowest BCUT2D eigenvalue weighted by molar-refractivity contribution is -0.131. The van der Waals surface area contributed by atoms with Gasteiger partial charge in [-0.15, -0.1) is 0 Å². The van der Waals surface area contributed by atoms with E-state index in [1.54, 1.807) is 25.0 Å². The number of hydrogen-bond donors (Lipinski definition) is 0. The molecule has 7 nitrogen and oxygen atoms in total. The van der Waals surface area contributed by atoms with Crippen LogP contribution >= 0.6 is 0 Å². The molecule has 2 aromatic carbocycles. The Labute approximate surface area is 206 Å². The summed E-state index contributed by atoms with van der Waals surface area (Å²) in [7, 11) is 1.67. The second kappa shape index (κ2) is 11.1. The molecule has 184 valence electrons. The van der Waals surface area contributed by atoms with Crippen LogP contribution in [-0.2, 0) is 11.3 Å². The highest BCUT2D eigenvalue weighted by Crippen LogP contribution is 2.28. The third kappa shape index (κ3) is 5.85. The van der Waals surface area contributed by atoms with E-state index in [1.165, 1.54) is 0 Å². The first-order valence-corrected chi connectivity index (χ1v) is 12.0. The minimum absolute atomic E-state index is 0.0654. The zero-order valence-corrected chi connectivity index (χ0v) is 20.7. The average molecular weight is 476 g/mol. The van der Waals surface area contributed by atoms with Crippen molar-refractivity contribution in [3.63, 3.8) is 0 Å². The minimum Gasteiger partial charge on any atom is -0.495 e. The second-order valence-electron chi connectivity index (χ2n) is 8.83. The largest absolute Gasteiger partial charge is 0.495 e. The van der Waals surface area contributed by atoms with Crippen LogP contribution in [0.2, 0.25) is 0 Å². The van der Waals surface area contributed by atoms with Gasteiger partial charge in [0.05, 0.1) is 18.4 Å². The highest BCUT2D eigenvalue weighted by atomic mass is 16.5. The van der Waals surface area contributed by atoms with E-state index in [-0.39, 0.29) is 18.2 Å². The van der Waals surface area contributed by atoms with Crippen molar-refractivity contribution in [1.82, 2.24) is 9.80 Å². The van der Waals surface area contributed by atoms with Gasteiger partial charge in [0.1, 0.15) is 17.3 Å². The summed E-state index contributed by atoms with van der Waals surface area (Å²) in [6.45, 7) is 7.19. The summed E-state index contributed by atoms with van der Waals surface area (Å²) in [6.07, 6.45) is 0.281. The molecule has 2 amide bonds. The number of methoxy groups -OCH3 is 1. The van der Waals surface area contributed by atoms with Crippen LogP contribution in [0.15, 0.2) is 65.1 Å². The molecular formula is C28H33N3O4. The smallest absolute Gasteiger partial charge is 0.257 e. The topological polar surface area (TPSA) is 66.2 Å². The third-order valence-electron chi connectivity index (χ3n) is 6.43. The van der Waals surface area contributed by atoms with Crippen molar-refractivity contribution in [1.29, 1.82) is 0 Å². The number of benzene rings is 2. The number of aryl methyl sites for hydroxylation is 2. The Bertz CT molecular complexity index is 1150. The van der Waals surface area contributed by atoms with Crippen molar-refractivity contribution < 1.29 is 18.7 Å². The van der Waals surface area contributed by atoms with Gasteiger partial charge in [-0.2, -0.15) is 0 Å². The highest BCUT2D eigenvalue weighted by Gasteiger charge is 2.25. The molecule has 0 unspecified atom stereocenters. The first-order chi connectivity index (χ1) is 17.0. The Hall–Kier alpha value is -3.74. The molecule has 1 saturated heterocycles. The lowest BCUT2D eigenvalue weighted by Crippen LogP contribution is -2.49. The molecule has 0 radical (unpaired) electrons. The number of ether oxygens (including phenoxy) is 1. The molecule has 0 bridgehead atoms. The van der Waals surface area contributed by atoms with E-state index in [2.05, 4.69) is 4.90 Å². The average Bonchev–Trinajstić information content (AvgIpc) is 3.24. The molecule has 3 aromatic rings. The van der Waals surface area contributed by atoms with Crippen LogP contribution in [0.5, 0.6) is 5.75 Å². The van der Waals surface area contributed by atoms with Crippen molar-refractivity contribution in [2.45, 2.75) is 26.8 Å². The van der Waals surface area contributed by atoms with E-state index in [9.17, 15) is 9.59 Å². The molecule has 0 saturated carbocycles.